The molecule has 4 nitrogen and oxygen atoms in total. The van der Waals surface area contributed by atoms with Gasteiger partial charge in [-0.05, 0) is 29.5 Å². The Bertz CT molecular complexity index is 496. The van der Waals surface area contributed by atoms with E-state index in [9.17, 15) is 9.59 Å². The normalized spacial score (nSPS) is 15.3. The maximum atomic E-state index is 11.4. The lowest BCUT2D eigenvalue weighted by Gasteiger charge is -2.16. The van der Waals surface area contributed by atoms with Gasteiger partial charge >= 0.3 is 5.97 Å². The van der Waals surface area contributed by atoms with E-state index in [0.29, 0.717) is 0 Å². The largest absolute Gasteiger partial charge is 0.481 e. The van der Waals surface area contributed by atoms with Crippen molar-refractivity contribution in [1.82, 2.24) is 0 Å². The minimum Gasteiger partial charge on any atom is -0.481 e. The lowest BCUT2D eigenvalue weighted by Crippen LogP contribution is -2.25. The van der Waals surface area contributed by atoms with Crippen molar-refractivity contribution < 1.29 is 14.7 Å². The molecule has 0 saturated carbocycles. The van der Waals surface area contributed by atoms with Crippen LogP contribution in [0.1, 0.15) is 37.3 Å². The van der Waals surface area contributed by atoms with Crippen molar-refractivity contribution in [2.45, 2.75) is 32.6 Å². The fraction of sp³-hybridized carbons (Fsp3) is 0.429. The summed E-state index contributed by atoms with van der Waals surface area (Å²) in [4.78, 5) is 23.9. The second-order valence-electron chi connectivity index (χ2n) is 4.81. The Balaban J connectivity index is 2.24. The summed E-state index contributed by atoms with van der Waals surface area (Å²) in [6.07, 6.45) is 0.984. The van der Waals surface area contributed by atoms with Gasteiger partial charge in [0.15, 0.2) is 0 Å². The molecule has 4 heteroatoms. The SMILES string of the molecule is CC(=O)N1CCc2cc(C(C)CC(=O)O)ccc21. The lowest BCUT2D eigenvalue weighted by atomic mass is 9.95. The van der Waals surface area contributed by atoms with Crippen LogP contribution in [0, 0.1) is 0 Å². The maximum Gasteiger partial charge on any atom is 0.303 e. The van der Waals surface area contributed by atoms with Crippen molar-refractivity contribution >= 4 is 17.6 Å². The first-order chi connectivity index (χ1) is 8.49. The van der Waals surface area contributed by atoms with E-state index in [-0.39, 0.29) is 18.2 Å². The second-order valence-corrected chi connectivity index (χ2v) is 4.81. The number of carboxylic acids is 1. The number of amides is 1. The third kappa shape index (κ3) is 2.37. The molecule has 1 atom stereocenters. The van der Waals surface area contributed by atoms with Crippen LogP contribution < -0.4 is 4.90 Å². The highest BCUT2D eigenvalue weighted by atomic mass is 16.4. The summed E-state index contributed by atoms with van der Waals surface area (Å²) < 4.78 is 0. The number of anilines is 1. The highest BCUT2D eigenvalue weighted by Crippen LogP contribution is 2.31. The van der Waals surface area contributed by atoms with Crippen LogP contribution in [0.3, 0.4) is 0 Å². The fourth-order valence-corrected chi connectivity index (χ4v) is 2.44. The summed E-state index contributed by atoms with van der Waals surface area (Å²) >= 11 is 0. The minimum atomic E-state index is -0.784. The summed E-state index contributed by atoms with van der Waals surface area (Å²) in [5.41, 5.74) is 3.13. The summed E-state index contributed by atoms with van der Waals surface area (Å²) in [6.45, 7) is 4.20. The third-order valence-corrected chi connectivity index (χ3v) is 3.43. The number of fused-ring (bicyclic) bond motifs is 1. The zero-order chi connectivity index (χ0) is 13.3. The van der Waals surface area contributed by atoms with Crippen molar-refractivity contribution in [1.29, 1.82) is 0 Å². The summed E-state index contributed by atoms with van der Waals surface area (Å²) in [6, 6.07) is 5.89. The molecule has 0 saturated heterocycles. The van der Waals surface area contributed by atoms with Crippen LogP contribution in [-0.2, 0) is 16.0 Å². The number of hydrogen-bond donors (Lipinski definition) is 1. The van der Waals surface area contributed by atoms with Crippen molar-refractivity contribution in [2.24, 2.45) is 0 Å². The number of carbonyl (C=O) groups excluding carboxylic acids is 1. The molecule has 0 aliphatic carbocycles. The Labute approximate surface area is 106 Å². The second kappa shape index (κ2) is 4.80. The van der Waals surface area contributed by atoms with Crippen molar-refractivity contribution in [2.75, 3.05) is 11.4 Å². The van der Waals surface area contributed by atoms with Crippen LogP contribution in [0.2, 0.25) is 0 Å². The van der Waals surface area contributed by atoms with E-state index in [1.807, 2.05) is 25.1 Å². The molecule has 1 amide bonds. The molecule has 1 aliphatic rings. The molecule has 2 rings (SSSR count). The lowest BCUT2D eigenvalue weighted by molar-refractivity contribution is -0.137. The molecule has 0 bridgehead atoms. The predicted molar refractivity (Wildman–Crippen MR) is 68.8 cm³/mol. The first kappa shape index (κ1) is 12.6. The molecular weight excluding hydrogens is 230 g/mol. The van der Waals surface area contributed by atoms with Gasteiger partial charge in [0.25, 0.3) is 0 Å². The van der Waals surface area contributed by atoms with Gasteiger partial charge in [-0.3, -0.25) is 9.59 Å². The number of rotatable bonds is 3. The Morgan fingerprint density at radius 3 is 2.78 bits per heavy atom. The topological polar surface area (TPSA) is 57.6 Å². The Morgan fingerprint density at radius 1 is 1.44 bits per heavy atom. The Hall–Kier alpha value is -1.84. The van der Waals surface area contributed by atoms with Gasteiger partial charge in [-0.25, -0.2) is 0 Å². The molecule has 1 heterocycles. The monoisotopic (exact) mass is 247 g/mol. The maximum absolute atomic E-state index is 11.4. The highest BCUT2D eigenvalue weighted by molar-refractivity contribution is 5.93. The highest BCUT2D eigenvalue weighted by Gasteiger charge is 2.23. The molecule has 96 valence electrons. The van der Waals surface area contributed by atoms with Crippen molar-refractivity contribution in [3.8, 4) is 0 Å². The summed E-state index contributed by atoms with van der Waals surface area (Å²) in [5.74, 6) is -0.729. The van der Waals surface area contributed by atoms with Crippen LogP contribution in [0.15, 0.2) is 18.2 Å². The molecule has 0 radical (unpaired) electrons. The first-order valence-electron chi connectivity index (χ1n) is 6.11. The molecule has 0 aromatic heterocycles. The van der Waals surface area contributed by atoms with Gasteiger partial charge in [-0.1, -0.05) is 19.1 Å². The van der Waals surface area contributed by atoms with Gasteiger partial charge in [0.2, 0.25) is 5.91 Å². The number of aliphatic carboxylic acids is 1. The van der Waals surface area contributed by atoms with Crippen LogP contribution in [0.5, 0.6) is 0 Å². The quantitative estimate of drug-likeness (QED) is 0.890. The van der Waals surface area contributed by atoms with Gasteiger partial charge in [0.05, 0.1) is 6.42 Å². The average molecular weight is 247 g/mol. The van der Waals surface area contributed by atoms with Gasteiger partial charge in [-0.2, -0.15) is 0 Å². The summed E-state index contributed by atoms with van der Waals surface area (Å²) in [5, 5.41) is 8.80. The average Bonchev–Trinajstić information content (AvgIpc) is 2.70. The van der Waals surface area contributed by atoms with Crippen LogP contribution in [-0.4, -0.2) is 23.5 Å². The fourth-order valence-electron chi connectivity index (χ4n) is 2.44. The standard InChI is InChI=1S/C14H17NO3/c1-9(7-14(17)18)11-3-4-13-12(8-11)5-6-15(13)10(2)16/h3-4,8-9H,5-7H2,1-2H3,(H,17,18). The van der Waals surface area contributed by atoms with E-state index in [4.69, 9.17) is 5.11 Å². The zero-order valence-corrected chi connectivity index (χ0v) is 10.6. The molecule has 1 N–H and O–H groups in total. The molecule has 18 heavy (non-hydrogen) atoms. The molecular formula is C14H17NO3. The van der Waals surface area contributed by atoms with Gasteiger partial charge in [0, 0.05) is 19.2 Å². The van der Waals surface area contributed by atoms with Gasteiger partial charge in [0.1, 0.15) is 0 Å². The Morgan fingerprint density at radius 2 is 2.17 bits per heavy atom. The molecule has 1 aromatic rings. The summed E-state index contributed by atoms with van der Waals surface area (Å²) in [7, 11) is 0. The van der Waals surface area contributed by atoms with Crippen LogP contribution in [0.4, 0.5) is 5.69 Å². The van der Waals surface area contributed by atoms with Gasteiger partial charge < -0.3 is 10.0 Å². The van der Waals surface area contributed by atoms with Crippen molar-refractivity contribution in [3.63, 3.8) is 0 Å². The Kier molecular flexibility index (Phi) is 3.36. The molecule has 1 unspecified atom stereocenters. The number of nitrogens with zero attached hydrogens (tertiary/aromatic N) is 1. The zero-order valence-electron chi connectivity index (χ0n) is 10.6. The number of benzene rings is 1. The number of carbonyl (C=O) groups is 2. The van der Waals surface area contributed by atoms with E-state index in [0.717, 1.165) is 29.8 Å². The van der Waals surface area contributed by atoms with E-state index in [1.54, 1.807) is 11.8 Å². The van der Waals surface area contributed by atoms with E-state index in [2.05, 4.69) is 0 Å². The van der Waals surface area contributed by atoms with E-state index < -0.39 is 5.97 Å². The molecule has 1 aromatic carbocycles. The van der Waals surface area contributed by atoms with E-state index >= 15 is 0 Å². The van der Waals surface area contributed by atoms with Crippen LogP contribution in [0.25, 0.3) is 0 Å². The van der Waals surface area contributed by atoms with Crippen LogP contribution >= 0.6 is 0 Å². The smallest absolute Gasteiger partial charge is 0.303 e. The third-order valence-electron chi connectivity index (χ3n) is 3.43. The number of carboxylic acid groups (broad SMARTS) is 1. The van der Waals surface area contributed by atoms with E-state index in [1.165, 1.54) is 0 Å². The molecule has 0 spiro atoms. The first-order valence-corrected chi connectivity index (χ1v) is 6.11. The number of hydrogen-bond acceptors (Lipinski definition) is 2. The van der Waals surface area contributed by atoms with Gasteiger partial charge in [-0.15, -0.1) is 0 Å². The predicted octanol–water partition coefficient (Wildman–Crippen LogP) is 2.17. The minimum absolute atomic E-state index is 0.000761. The van der Waals surface area contributed by atoms with Crippen molar-refractivity contribution in [3.05, 3.63) is 29.3 Å². The molecule has 1 aliphatic heterocycles. The molecule has 0 fully saturated rings.